The van der Waals surface area contributed by atoms with Crippen LogP contribution < -0.4 is 9.64 Å². The molecule has 0 aliphatic heterocycles. The molecule has 1 heterocycles. The second-order valence-electron chi connectivity index (χ2n) is 4.40. The molecule has 0 amide bonds. The predicted molar refractivity (Wildman–Crippen MR) is 74.5 cm³/mol. The normalized spacial score (nSPS) is 10.4. The first-order valence-corrected chi connectivity index (χ1v) is 6.51. The largest absolute Gasteiger partial charge is 0.487 e. The topological polar surface area (TPSA) is 51.7 Å². The molecule has 1 aromatic heterocycles. The van der Waals surface area contributed by atoms with Gasteiger partial charge in [-0.1, -0.05) is 0 Å². The summed E-state index contributed by atoms with van der Waals surface area (Å²) < 4.78 is 10.4. The van der Waals surface area contributed by atoms with Gasteiger partial charge in [0.2, 0.25) is 0 Å². The number of hydrogen-bond acceptors (Lipinski definition) is 5. The second-order valence-corrected chi connectivity index (χ2v) is 4.40. The summed E-state index contributed by atoms with van der Waals surface area (Å²) in [5.74, 6) is 1.28. The average Bonchev–Trinajstić information content (AvgIpc) is 2.40. The van der Waals surface area contributed by atoms with Gasteiger partial charge in [0, 0.05) is 19.3 Å². The van der Waals surface area contributed by atoms with E-state index in [1.165, 1.54) is 7.11 Å². The summed E-state index contributed by atoms with van der Waals surface area (Å²) in [5, 5.41) is 0. The van der Waals surface area contributed by atoms with E-state index in [-0.39, 0.29) is 12.1 Å². The van der Waals surface area contributed by atoms with Crippen molar-refractivity contribution in [1.29, 1.82) is 0 Å². The van der Waals surface area contributed by atoms with Crippen LogP contribution in [0.3, 0.4) is 0 Å². The van der Waals surface area contributed by atoms with Crippen molar-refractivity contribution < 1.29 is 14.3 Å². The molecule has 0 radical (unpaired) electrons. The summed E-state index contributed by atoms with van der Waals surface area (Å²) in [6.07, 6.45) is 2.15. The third-order valence-corrected chi connectivity index (χ3v) is 2.61. The van der Waals surface area contributed by atoms with Gasteiger partial charge in [-0.3, -0.25) is 4.79 Å². The minimum atomic E-state index is -0.222. The van der Waals surface area contributed by atoms with E-state index in [1.807, 2.05) is 37.8 Å². The molecule has 1 rings (SSSR count). The molecular formula is C14H22N2O3. The molecule has 106 valence electrons. The lowest BCUT2D eigenvalue weighted by Gasteiger charge is -2.24. The van der Waals surface area contributed by atoms with Gasteiger partial charge in [-0.05, 0) is 32.9 Å². The molecule has 0 unspecified atom stereocenters. The average molecular weight is 266 g/mol. The van der Waals surface area contributed by atoms with Crippen molar-refractivity contribution in [2.75, 3.05) is 25.1 Å². The summed E-state index contributed by atoms with van der Waals surface area (Å²) in [5.41, 5.74) is 0. The minimum absolute atomic E-state index is 0.0854. The van der Waals surface area contributed by atoms with Crippen LogP contribution in [0.4, 0.5) is 5.82 Å². The number of nitrogens with zero attached hydrogens (tertiary/aromatic N) is 2. The molecule has 0 fully saturated rings. The summed E-state index contributed by atoms with van der Waals surface area (Å²) >= 11 is 0. The van der Waals surface area contributed by atoms with Crippen LogP contribution in [0, 0.1) is 0 Å². The van der Waals surface area contributed by atoms with Gasteiger partial charge >= 0.3 is 5.97 Å². The van der Waals surface area contributed by atoms with Crippen LogP contribution >= 0.6 is 0 Å². The lowest BCUT2D eigenvalue weighted by molar-refractivity contribution is -0.140. The van der Waals surface area contributed by atoms with E-state index >= 15 is 0 Å². The molecule has 0 bridgehead atoms. The van der Waals surface area contributed by atoms with E-state index < -0.39 is 0 Å². The summed E-state index contributed by atoms with van der Waals surface area (Å²) in [6.45, 7) is 7.28. The highest BCUT2D eigenvalue weighted by Crippen LogP contribution is 2.26. The Labute approximate surface area is 114 Å². The first-order valence-electron chi connectivity index (χ1n) is 6.51. The van der Waals surface area contributed by atoms with Gasteiger partial charge in [-0.15, -0.1) is 0 Å². The maximum absolute atomic E-state index is 11.2. The molecule has 0 aromatic carbocycles. The van der Waals surface area contributed by atoms with Gasteiger partial charge in [0.05, 0.1) is 19.6 Å². The number of methoxy groups -OCH3 is 1. The number of esters is 1. The van der Waals surface area contributed by atoms with Crippen LogP contribution in [0.2, 0.25) is 0 Å². The highest BCUT2D eigenvalue weighted by Gasteiger charge is 2.14. The molecule has 0 saturated carbocycles. The predicted octanol–water partition coefficient (Wildman–Crippen LogP) is 2.26. The number of hydrogen-bond donors (Lipinski definition) is 0. The summed E-state index contributed by atoms with van der Waals surface area (Å²) in [4.78, 5) is 17.6. The molecule has 19 heavy (non-hydrogen) atoms. The number of anilines is 1. The summed E-state index contributed by atoms with van der Waals surface area (Å²) in [6, 6.07) is 3.73. The Morgan fingerprint density at radius 3 is 2.79 bits per heavy atom. The Bertz CT molecular complexity index is 407. The molecule has 0 atom stereocenters. The Hall–Kier alpha value is -1.78. The van der Waals surface area contributed by atoms with Crippen LogP contribution in [0.25, 0.3) is 0 Å². The maximum Gasteiger partial charge on any atom is 0.307 e. The van der Waals surface area contributed by atoms with Crippen molar-refractivity contribution in [2.45, 2.75) is 33.3 Å². The third-order valence-electron chi connectivity index (χ3n) is 2.61. The van der Waals surface area contributed by atoms with Crippen molar-refractivity contribution in [1.82, 2.24) is 4.98 Å². The van der Waals surface area contributed by atoms with Crippen LogP contribution in [-0.2, 0) is 9.53 Å². The van der Waals surface area contributed by atoms with E-state index in [4.69, 9.17) is 4.74 Å². The van der Waals surface area contributed by atoms with Crippen molar-refractivity contribution in [2.24, 2.45) is 0 Å². The Kier molecular flexibility index (Phi) is 6.12. The van der Waals surface area contributed by atoms with Gasteiger partial charge < -0.3 is 14.4 Å². The highest BCUT2D eigenvalue weighted by molar-refractivity contribution is 5.70. The number of pyridine rings is 1. The highest BCUT2D eigenvalue weighted by atomic mass is 16.5. The van der Waals surface area contributed by atoms with Gasteiger partial charge in [0.1, 0.15) is 0 Å². The first kappa shape index (κ1) is 15.3. The fourth-order valence-corrected chi connectivity index (χ4v) is 1.71. The van der Waals surface area contributed by atoms with Crippen LogP contribution in [0.5, 0.6) is 5.75 Å². The van der Waals surface area contributed by atoms with Crippen LogP contribution in [0.1, 0.15) is 27.2 Å². The zero-order valence-electron chi connectivity index (χ0n) is 12.0. The second kappa shape index (κ2) is 7.61. The fourth-order valence-electron chi connectivity index (χ4n) is 1.71. The number of carbonyl (C=O) groups excluding carboxylic acids is 1. The standard InChI is InChI=1S/C14H22N2O3/c1-5-16(10-8-13(17)18-4)14-12(19-11(2)3)7-6-9-15-14/h6-7,9,11H,5,8,10H2,1-4H3. The van der Waals surface area contributed by atoms with Crippen molar-refractivity contribution in [3.8, 4) is 5.75 Å². The molecule has 0 aliphatic carbocycles. The van der Waals surface area contributed by atoms with Crippen LogP contribution in [0.15, 0.2) is 18.3 Å². The lowest BCUT2D eigenvalue weighted by Crippen LogP contribution is -2.27. The SMILES string of the molecule is CCN(CCC(=O)OC)c1ncccc1OC(C)C. The molecule has 5 heteroatoms. The number of ether oxygens (including phenoxy) is 2. The van der Waals surface area contributed by atoms with Crippen molar-refractivity contribution >= 4 is 11.8 Å². The maximum atomic E-state index is 11.2. The number of carbonyl (C=O) groups is 1. The van der Waals surface area contributed by atoms with Crippen molar-refractivity contribution in [3.63, 3.8) is 0 Å². The first-order chi connectivity index (χ1) is 9.08. The molecular weight excluding hydrogens is 244 g/mol. The number of rotatable bonds is 7. The van der Waals surface area contributed by atoms with E-state index in [2.05, 4.69) is 9.72 Å². The van der Waals surface area contributed by atoms with Gasteiger partial charge in [0.15, 0.2) is 11.6 Å². The smallest absolute Gasteiger partial charge is 0.307 e. The lowest BCUT2D eigenvalue weighted by atomic mass is 10.3. The number of aromatic nitrogens is 1. The quantitative estimate of drug-likeness (QED) is 0.708. The van der Waals surface area contributed by atoms with Gasteiger partial charge in [-0.2, -0.15) is 0 Å². The Morgan fingerprint density at radius 1 is 1.47 bits per heavy atom. The van der Waals surface area contributed by atoms with Crippen LogP contribution in [-0.4, -0.2) is 37.3 Å². The monoisotopic (exact) mass is 266 g/mol. The Balaban J connectivity index is 2.82. The summed E-state index contributed by atoms with van der Waals surface area (Å²) in [7, 11) is 1.40. The molecule has 1 aromatic rings. The molecule has 0 aliphatic rings. The van der Waals surface area contributed by atoms with E-state index in [9.17, 15) is 4.79 Å². The van der Waals surface area contributed by atoms with Gasteiger partial charge in [-0.25, -0.2) is 4.98 Å². The molecule has 0 saturated heterocycles. The zero-order valence-corrected chi connectivity index (χ0v) is 12.0. The molecule has 5 nitrogen and oxygen atoms in total. The van der Waals surface area contributed by atoms with E-state index in [0.717, 1.165) is 18.1 Å². The molecule has 0 spiro atoms. The third kappa shape index (κ3) is 4.77. The molecule has 0 N–H and O–H groups in total. The zero-order chi connectivity index (χ0) is 14.3. The van der Waals surface area contributed by atoms with E-state index in [0.29, 0.717) is 13.0 Å². The minimum Gasteiger partial charge on any atom is -0.487 e. The van der Waals surface area contributed by atoms with Crippen molar-refractivity contribution in [3.05, 3.63) is 18.3 Å². The Morgan fingerprint density at radius 2 is 2.21 bits per heavy atom. The fraction of sp³-hybridized carbons (Fsp3) is 0.571. The van der Waals surface area contributed by atoms with E-state index in [1.54, 1.807) is 6.20 Å². The van der Waals surface area contributed by atoms with Gasteiger partial charge in [0.25, 0.3) is 0 Å².